The molecule has 0 aliphatic heterocycles. The van der Waals surface area contributed by atoms with Gasteiger partial charge in [-0.15, -0.1) is 11.6 Å². The van der Waals surface area contributed by atoms with Gasteiger partial charge in [0.2, 0.25) is 0 Å². The number of thioether (sulfide) groups is 1. The van der Waals surface area contributed by atoms with Gasteiger partial charge in [-0.05, 0) is 19.1 Å². The summed E-state index contributed by atoms with van der Waals surface area (Å²) in [5.74, 6) is 1.40. The van der Waals surface area contributed by atoms with Crippen molar-refractivity contribution < 1.29 is 0 Å². The van der Waals surface area contributed by atoms with Crippen molar-refractivity contribution in [3.05, 3.63) is 11.5 Å². The van der Waals surface area contributed by atoms with E-state index in [1.807, 2.05) is 23.5 Å². The summed E-state index contributed by atoms with van der Waals surface area (Å²) in [5, 5.41) is 5.18. The molecule has 2 aromatic heterocycles. The van der Waals surface area contributed by atoms with Gasteiger partial charge in [-0.2, -0.15) is 16.9 Å². The summed E-state index contributed by atoms with van der Waals surface area (Å²) < 4.78 is 4.15. The van der Waals surface area contributed by atoms with E-state index in [1.165, 1.54) is 0 Å². The lowest BCUT2D eigenvalue weighted by atomic mass is 10.3. The van der Waals surface area contributed by atoms with E-state index in [2.05, 4.69) is 34.8 Å². The molecule has 6 heteroatoms. The summed E-state index contributed by atoms with van der Waals surface area (Å²) in [5.41, 5.74) is 3.17. The first-order chi connectivity index (χ1) is 9.12. The van der Waals surface area contributed by atoms with Gasteiger partial charge in [-0.1, -0.05) is 13.8 Å². The number of imidazole rings is 1. The van der Waals surface area contributed by atoms with Gasteiger partial charge >= 0.3 is 0 Å². The number of halogens is 1. The van der Waals surface area contributed by atoms with Crippen molar-refractivity contribution in [1.82, 2.24) is 19.3 Å². The highest BCUT2D eigenvalue weighted by Crippen LogP contribution is 2.22. The molecule has 0 radical (unpaired) electrons. The van der Waals surface area contributed by atoms with Crippen LogP contribution in [0.25, 0.3) is 11.2 Å². The Labute approximate surface area is 123 Å². The molecule has 106 valence electrons. The van der Waals surface area contributed by atoms with Gasteiger partial charge in [0.05, 0.1) is 11.6 Å². The third kappa shape index (κ3) is 2.77. The molecule has 0 aliphatic carbocycles. The van der Waals surface area contributed by atoms with E-state index in [9.17, 15) is 0 Å². The summed E-state index contributed by atoms with van der Waals surface area (Å²) in [4.78, 5) is 4.67. The predicted molar refractivity (Wildman–Crippen MR) is 83.0 cm³/mol. The van der Waals surface area contributed by atoms with Gasteiger partial charge in [0, 0.05) is 18.8 Å². The number of hydrogen-bond donors (Lipinski definition) is 0. The third-order valence-electron chi connectivity index (χ3n) is 3.49. The number of fused-ring (bicyclic) bond motifs is 1. The van der Waals surface area contributed by atoms with Gasteiger partial charge in [0.15, 0.2) is 5.65 Å². The van der Waals surface area contributed by atoms with Crippen LogP contribution in [0.5, 0.6) is 0 Å². The fraction of sp³-hybridized carbons (Fsp3) is 0.692. The lowest BCUT2D eigenvalue weighted by molar-refractivity contribution is 0.613. The van der Waals surface area contributed by atoms with E-state index < -0.39 is 0 Å². The minimum absolute atomic E-state index is 0.450. The van der Waals surface area contributed by atoms with Crippen LogP contribution in [-0.2, 0) is 25.9 Å². The SMILES string of the molecule is CCc1nn(C)c2c1nc(CCl)n2CCC(C)SC. The highest BCUT2D eigenvalue weighted by Gasteiger charge is 2.18. The molecule has 19 heavy (non-hydrogen) atoms. The van der Waals surface area contributed by atoms with Crippen LogP contribution in [0.1, 0.15) is 31.8 Å². The normalized spacial score (nSPS) is 13.3. The zero-order valence-electron chi connectivity index (χ0n) is 12.0. The zero-order chi connectivity index (χ0) is 14.0. The lowest BCUT2D eigenvalue weighted by Crippen LogP contribution is -2.10. The highest BCUT2D eigenvalue weighted by molar-refractivity contribution is 7.99. The average Bonchev–Trinajstić information content (AvgIpc) is 2.93. The van der Waals surface area contributed by atoms with Gasteiger partial charge in [0.25, 0.3) is 0 Å². The first kappa shape index (κ1) is 14.7. The van der Waals surface area contributed by atoms with Crippen molar-refractivity contribution in [3.8, 4) is 0 Å². The topological polar surface area (TPSA) is 35.6 Å². The molecule has 0 fully saturated rings. The molecular weight excluding hydrogens is 280 g/mol. The van der Waals surface area contributed by atoms with E-state index in [1.54, 1.807) is 0 Å². The maximum absolute atomic E-state index is 6.04. The monoisotopic (exact) mass is 300 g/mol. The number of alkyl halides is 1. The number of nitrogens with zero attached hydrogens (tertiary/aromatic N) is 4. The Bertz CT molecular complexity index is 560. The first-order valence-corrected chi connectivity index (χ1v) is 8.44. The van der Waals surface area contributed by atoms with E-state index in [-0.39, 0.29) is 0 Å². The molecule has 0 aliphatic rings. The molecule has 0 saturated heterocycles. The molecule has 0 bridgehead atoms. The highest BCUT2D eigenvalue weighted by atomic mass is 35.5. The van der Waals surface area contributed by atoms with Gasteiger partial charge < -0.3 is 4.57 Å². The molecule has 2 rings (SSSR count). The van der Waals surface area contributed by atoms with Crippen LogP contribution in [0.3, 0.4) is 0 Å². The Hall–Kier alpha value is -0.680. The second kappa shape index (κ2) is 6.18. The zero-order valence-corrected chi connectivity index (χ0v) is 13.6. The fourth-order valence-electron chi connectivity index (χ4n) is 2.29. The lowest BCUT2D eigenvalue weighted by Gasteiger charge is -2.11. The Morgan fingerprint density at radius 1 is 1.42 bits per heavy atom. The Morgan fingerprint density at radius 2 is 2.16 bits per heavy atom. The standard InChI is InChI=1S/C13H21ClN4S/c1-5-10-12-13(17(3)16-10)18(11(8-14)15-12)7-6-9(2)19-4/h9H,5-8H2,1-4H3. The third-order valence-corrected chi connectivity index (χ3v) is 4.77. The van der Waals surface area contributed by atoms with Crippen LogP contribution in [0.4, 0.5) is 0 Å². The van der Waals surface area contributed by atoms with Crippen molar-refractivity contribution in [1.29, 1.82) is 0 Å². The maximum Gasteiger partial charge on any atom is 0.158 e. The molecule has 0 saturated carbocycles. The van der Waals surface area contributed by atoms with E-state index >= 15 is 0 Å². The minimum Gasteiger partial charge on any atom is -0.312 e. The molecular formula is C13H21ClN4S. The van der Waals surface area contributed by atoms with Gasteiger partial charge in [-0.25, -0.2) is 4.98 Å². The quantitative estimate of drug-likeness (QED) is 0.769. The molecule has 1 unspecified atom stereocenters. The maximum atomic E-state index is 6.04. The molecule has 4 nitrogen and oxygen atoms in total. The van der Waals surface area contributed by atoms with E-state index in [0.717, 1.165) is 42.1 Å². The summed E-state index contributed by atoms with van der Waals surface area (Å²) in [7, 11) is 1.98. The molecule has 0 aromatic carbocycles. The molecule has 2 aromatic rings. The van der Waals surface area contributed by atoms with Crippen molar-refractivity contribution in [2.75, 3.05) is 6.26 Å². The number of rotatable bonds is 6. The average molecular weight is 301 g/mol. The molecule has 0 amide bonds. The van der Waals surface area contributed by atoms with Crippen LogP contribution < -0.4 is 0 Å². The van der Waals surface area contributed by atoms with Crippen LogP contribution >= 0.6 is 23.4 Å². The first-order valence-electron chi connectivity index (χ1n) is 6.62. The van der Waals surface area contributed by atoms with Gasteiger partial charge in [0.1, 0.15) is 11.3 Å². The van der Waals surface area contributed by atoms with Crippen molar-refractivity contribution >= 4 is 34.5 Å². The van der Waals surface area contributed by atoms with E-state index in [4.69, 9.17) is 11.6 Å². The van der Waals surface area contributed by atoms with Crippen LogP contribution in [0, 0.1) is 0 Å². The molecule has 0 N–H and O–H groups in total. The summed E-state index contributed by atoms with van der Waals surface area (Å²) >= 11 is 7.93. The minimum atomic E-state index is 0.450. The fourth-order valence-corrected chi connectivity index (χ4v) is 2.84. The predicted octanol–water partition coefficient (Wildman–Crippen LogP) is 3.21. The number of aryl methyl sites for hydroxylation is 3. The Kier molecular flexibility index (Phi) is 4.79. The summed E-state index contributed by atoms with van der Waals surface area (Å²) in [6.07, 6.45) is 4.16. The van der Waals surface area contributed by atoms with E-state index in [0.29, 0.717) is 11.1 Å². The Morgan fingerprint density at radius 3 is 2.74 bits per heavy atom. The smallest absolute Gasteiger partial charge is 0.158 e. The molecule has 1 atom stereocenters. The van der Waals surface area contributed by atoms with Crippen molar-refractivity contribution in [2.45, 2.75) is 44.4 Å². The van der Waals surface area contributed by atoms with Crippen LogP contribution in [-0.4, -0.2) is 30.8 Å². The molecule has 0 spiro atoms. The van der Waals surface area contributed by atoms with Crippen molar-refractivity contribution in [3.63, 3.8) is 0 Å². The second-order valence-electron chi connectivity index (χ2n) is 4.74. The second-order valence-corrected chi connectivity index (χ2v) is 6.29. The van der Waals surface area contributed by atoms with Crippen LogP contribution in [0.2, 0.25) is 0 Å². The van der Waals surface area contributed by atoms with Crippen LogP contribution in [0.15, 0.2) is 0 Å². The van der Waals surface area contributed by atoms with Gasteiger partial charge in [-0.3, -0.25) is 4.68 Å². The van der Waals surface area contributed by atoms with Crippen molar-refractivity contribution in [2.24, 2.45) is 7.05 Å². The number of aromatic nitrogens is 4. The summed E-state index contributed by atoms with van der Waals surface area (Å²) in [6, 6.07) is 0. The molecule has 2 heterocycles. The largest absolute Gasteiger partial charge is 0.312 e. The summed E-state index contributed by atoms with van der Waals surface area (Å²) in [6.45, 7) is 5.31. The number of hydrogen-bond acceptors (Lipinski definition) is 3. The Balaban J connectivity index is 2.42.